The van der Waals surface area contributed by atoms with E-state index in [1.165, 1.54) is 23.0 Å². The molecule has 0 amide bonds. The molecule has 0 saturated heterocycles. The summed E-state index contributed by atoms with van der Waals surface area (Å²) >= 11 is 1.20. The van der Waals surface area contributed by atoms with Crippen LogP contribution in [0.5, 0.6) is 5.75 Å². The molecule has 0 N–H and O–H groups in total. The maximum Gasteiger partial charge on any atom is 0.338 e. The van der Waals surface area contributed by atoms with Crippen LogP contribution in [-0.2, 0) is 14.3 Å². The normalized spacial score (nSPS) is 14.9. The van der Waals surface area contributed by atoms with Crippen molar-refractivity contribution in [2.24, 2.45) is 4.99 Å². The molecule has 0 saturated carbocycles. The molecular weight excluding hydrogens is 556 g/mol. The van der Waals surface area contributed by atoms with Gasteiger partial charge in [-0.1, -0.05) is 41.7 Å². The molecule has 0 unspecified atom stereocenters. The molecule has 0 spiro atoms. The molecule has 3 heterocycles. The number of carbonyl (C=O) groups is 2. The van der Waals surface area contributed by atoms with Crippen LogP contribution in [0.15, 0.2) is 86.1 Å². The summed E-state index contributed by atoms with van der Waals surface area (Å²) in [6.45, 7) is 7.48. The lowest BCUT2D eigenvalue weighted by atomic mass is 9.95. The van der Waals surface area contributed by atoms with Crippen LogP contribution < -0.4 is 19.6 Å². The largest absolute Gasteiger partial charge is 0.491 e. The highest BCUT2D eigenvalue weighted by Gasteiger charge is 2.35. The van der Waals surface area contributed by atoms with Gasteiger partial charge in [-0.15, -0.1) is 0 Å². The molecular formula is C32H30N2O7S. The Bertz CT molecular complexity index is 1880. The van der Waals surface area contributed by atoms with E-state index in [9.17, 15) is 14.4 Å². The van der Waals surface area contributed by atoms with Gasteiger partial charge < -0.3 is 18.6 Å². The van der Waals surface area contributed by atoms with Crippen LogP contribution in [0.25, 0.3) is 17.4 Å². The van der Waals surface area contributed by atoms with E-state index in [0.29, 0.717) is 49.0 Å². The number of aromatic nitrogens is 1. The van der Waals surface area contributed by atoms with Crippen LogP contribution in [0.1, 0.15) is 55.4 Å². The van der Waals surface area contributed by atoms with Crippen molar-refractivity contribution in [3.8, 4) is 17.1 Å². The number of furan rings is 1. The molecule has 1 atom stereocenters. The number of carbonyl (C=O) groups excluding carboxylic acids is 2. The second kappa shape index (κ2) is 12.0. The number of para-hydroxylation sites is 1. The first-order valence-corrected chi connectivity index (χ1v) is 14.3. The van der Waals surface area contributed by atoms with Crippen LogP contribution >= 0.6 is 11.3 Å². The number of hydrogen-bond donors (Lipinski definition) is 0. The number of benzene rings is 2. The third kappa shape index (κ3) is 5.58. The Morgan fingerprint density at radius 2 is 1.88 bits per heavy atom. The Morgan fingerprint density at radius 3 is 2.62 bits per heavy atom. The second-order valence-electron chi connectivity index (χ2n) is 9.78. The predicted octanol–water partition coefficient (Wildman–Crippen LogP) is 4.63. The van der Waals surface area contributed by atoms with Gasteiger partial charge in [0.25, 0.3) is 5.56 Å². The molecule has 10 heteroatoms. The van der Waals surface area contributed by atoms with Gasteiger partial charge in [0.15, 0.2) is 4.80 Å². The number of rotatable bonds is 8. The minimum atomic E-state index is -0.800. The van der Waals surface area contributed by atoms with Crippen molar-refractivity contribution in [2.75, 3.05) is 13.7 Å². The van der Waals surface area contributed by atoms with Gasteiger partial charge in [0.2, 0.25) is 0 Å². The predicted molar refractivity (Wildman–Crippen MR) is 158 cm³/mol. The lowest BCUT2D eigenvalue weighted by molar-refractivity contribution is -0.139. The lowest BCUT2D eigenvalue weighted by Crippen LogP contribution is -2.40. The highest BCUT2D eigenvalue weighted by Crippen LogP contribution is 2.36. The van der Waals surface area contributed by atoms with Crippen molar-refractivity contribution in [2.45, 2.75) is 39.8 Å². The van der Waals surface area contributed by atoms with E-state index >= 15 is 0 Å². The number of nitrogens with zero attached hydrogens (tertiary/aromatic N) is 2. The molecule has 1 aliphatic rings. The quantitative estimate of drug-likeness (QED) is 0.277. The zero-order valence-corrected chi connectivity index (χ0v) is 24.7. The average Bonchev–Trinajstić information content (AvgIpc) is 3.56. The van der Waals surface area contributed by atoms with E-state index < -0.39 is 18.0 Å². The molecule has 9 nitrogen and oxygen atoms in total. The van der Waals surface area contributed by atoms with Crippen LogP contribution in [0, 0.1) is 0 Å². The minimum Gasteiger partial charge on any atom is -0.491 e. The summed E-state index contributed by atoms with van der Waals surface area (Å²) in [7, 11) is 1.33. The molecule has 1 aliphatic heterocycles. The van der Waals surface area contributed by atoms with Crippen molar-refractivity contribution in [1.29, 1.82) is 0 Å². The minimum absolute atomic E-state index is 0.125. The van der Waals surface area contributed by atoms with Gasteiger partial charge in [-0.25, -0.2) is 14.6 Å². The van der Waals surface area contributed by atoms with Gasteiger partial charge in [-0.2, -0.15) is 0 Å². The molecule has 4 aromatic rings. The van der Waals surface area contributed by atoms with Crippen LogP contribution in [-0.4, -0.2) is 36.3 Å². The molecule has 0 fully saturated rings. The monoisotopic (exact) mass is 586 g/mol. The Morgan fingerprint density at radius 1 is 1.10 bits per heavy atom. The Kier molecular flexibility index (Phi) is 8.26. The topological polar surface area (TPSA) is 109 Å². The Balaban J connectivity index is 1.63. The molecule has 0 aliphatic carbocycles. The first-order chi connectivity index (χ1) is 20.2. The zero-order valence-electron chi connectivity index (χ0n) is 23.9. The van der Waals surface area contributed by atoms with Crippen LogP contribution in [0.3, 0.4) is 0 Å². The van der Waals surface area contributed by atoms with Gasteiger partial charge in [0, 0.05) is 17.2 Å². The first-order valence-electron chi connectivity index (χ1n) is 13.5. The van der Waals surface area contributed by atoms with Gasteiger partial charge in [-0.05, 0) is 58.0 Å². The summed E-state index contributed by atoms with van der Waals surface area (Å²) in [6.07, 6.45) is 1.52. The molecule has 42 heavy (non-hydrogen) atoms. The Hall–Kier alpha value is -4.70. The second-order valence-corrected chi connectivity index (χ2v) is 10.8. The molecule has 2 aromatic carbocycles. The third-order valence-electron chi connectivity index (χ3n) is 6.56. The molecule has 216 valence electrons. The lowest BCUT2D eigenvalue weighted by Gasteiger charge is -2.26. The number of hydrogen-bond acceptors (Lipinski definition) is 9. The van der Waals surface area contributed by atoms with Gasteiger partial charge in [-0.3, -0.25) is 9.36 Å². The van der Waals surface area contributed by atoms with E-state index in [1.807, 2.05) is 44.2 Å². The third-order valence-corrected chi connectivity index (χ3v) is 7.54. The van der Waals surface area contributed by atoms with Crippen LogP contribution in [0.4, 0.5) is 0 Å². The number of allylic oxidation sites excluding steroid dienone is 1. The smallest absolute Gasteiger partial charge is 0.338 e. The van der Waals surface area contributed by atoms with Crippen molar-refractivity contribution < 1.29 is 28.2 Å². The summed E-state index contributed by atoms with van der Waals surface area (Å²) in [5.74, 6) is 0.547. The fraction of sp³-hybridized carbons (Fsp3) is 0.250. The Labute approximate surface area is 246 Å². The van der Waals surface area contributed by atoms with Gasteiger partial charge in [0.05, 0.1) is 41.2 Å². The summed E-state index contributed by atoms with van der Waals surface area (Å²) in [4.78, 5) is 44.2. The van der Waals surface area contributed by atoms with E-state index in [0.717, 1.165) is 0 Å². The zero-order chi connectivity index (χ0) is 30.0. The number of thiazole rings is 1. The number of methoxy groups -OCH3 is 1. The number of ether oxygens (including phenoxy) is 3. The summed E-state index contributed by atoms with van der Waals surface area (Å²) in [5.41, 5.74) is 2.16. The molecule has 0 bridgehead atoms. The molecule has 2 aromatic heterocycles. The highest BCUT2D eigenvalue weighted by atomic mass is 32.1. The maximum atomic E-state index is 14.0. The van der Waals surface area contributed by atoms with E-state index in [-0.39, 0.29) is 23.8 Å². The van der Waals surface area contributed by atoms with Crippen LogP contribution in [0.2, 0.25) is 0 Å². The summed E-state index contributed by atoms with van der Waals surface area (Å²) in [5, 5.41) is 0. The standard InChI is InChI=1S/C32H30N2O7S/c1-6-39-31(37)27-19(4)33-32-34(28(27)23-12-7-8-13-25(23)40-18(2)3)29(35)26(42-32)17-22-14-15-24(41-22)20-10-9-11-21(16-20)30(36)38-5/h7-18,28H,6H2,1-5H3/b26-17-/t28-/m0/s1. The SMILES string of the molecule is CCOC(=O)C1=C(C)N=c2s/c(=C\c3ccc(-c4cccc(C(=O)OC)c4)o3)c(=O)n2[C@H]1c1ccccc1OC(C)C. The number of esters is 2. The number of fused-ring (bicyclic) bond motifs is 1. The van der Waals surface area contributed by atoms with Gasteiger partial charge in [0.1, 0.15) is 23.3 Å². The van der Waals surface area contributed by atoms with Gasteiger partial charge >= 0.3 is 11.9 Å². The molecule has 5 rings (SSSR count). The van der Waals surface area contributed by atoms with Crippen molar-refractivity contribution in [1.82, 2.24) is 4.57 Å². The van der Waals surface area contributed by atoms with E-state index in [4.69, 9.17) is 18.6 Å². The van der Waals surface area contributed by atoms with Crippen molar-refractivity contribution >= 4 is 29.4 Å². The van der Waals surface area contributed by atoms with E-state index in [2.05, 4.69) is 4.99 Å². The first kappa shape index (κ1) is 28.8. The summed E-state index contributed by atoms with van der Waals surface area (Å²) in [6, 6.07) is 17.0. The fourth-order valence-electron chi connectivity index (χ4n) is 4.79. The average molecular weight is 587 g/mol. The molecule has 0 radical (unpaired) electrons. The highest BCUT2D eigenvalue weighted by molar-refractivity contribution is 7.07. The van der Waals surface area contributed by atoms with Crippen molar-refractivity contribution in [3.63, 3.8) is 0 Å². The summed E-state index contributed by atoms with van der Waals surface area (Å²) < 4.78 is 24.2. The van der Waals surface area contributed by atoms with Crippen molar-refractivity contribution in [3.05, 3.63) is 109 Å². The maximum absolute atomic E-state index is 14.0. The van der Waals surface area contributed by atoms with E-state index in [1.54, 1.807) is 50.3 Å². The fourth-order valence-corrected chi connectivity index (χ4v) is 5.81.